The van der Waals surface area contributed by atoms with Crippen LogP contribution in [0.5, 0.6) is 0 Å². The molecule has 0 unspecified atom stereocenters. The molecule has 0 aliphatic carbocycles. The number of hydrogen-bond donors (Lipinski definition) is 4. The minimum Gasteiger partial charge on any atom is -0.381 e. The van der Waals surface area contributed by atoms with Gasteiger partial charge >= 0.3 is 0 Å². The number of rotatable bonds is 8. The molecule has 9 nitrogen and oxygen atoms in total. The fourth-order valence-electron chi connectivity index (χ4n) is 4.75. The lowest BCUT2D eigenvalue weighted by atomic mass is 10.00. The van der Waals surface area contributed by atoms with Gasteiger partial charge in [0, 0.05) is 29.5 Å². The van der Waals surface area contributed by atoms with Crippen molar-refractivity contribution >= 4 is 55.9 Å². The molecule has 0 saturated carbocycles. The number of anilines is 3. The van der Waals surface area contributed by atoms with Crippen LogP contribution in [0, 0.1) is 0 Å². The minimum absolute atomic E-state index is 0.0411. The number of nitrogens with one attached hydrogen (secondary N) is 4. The number of amides is 1. The van der Waals surface area contributed by atoms with Crippen LogP contribution in [0.3, 0.4) is 0 Å². The summed E-state index contributed by atoms with van der Waals surface area (Å²) in [4.78, 5) is 21.9. The van der Waals surface area contributed by atoms with E-state index in [2.05, 4.69) is 32.7 Å². The second-order valence-electron chi connectivity index (χ2n) is 9.28. The molecule has 2 heterocycles. The van der Waals surface area contributed by atoms with Gasteiger partial charge in [0.05, 0.1) is 29.1 Å². The SMILES string of the molecule is CONS(=O)(=O)c1cc2c(cc1Cl)NC(=O)/C2=C(\Nc1ccc(N[C@@H]2CCN(C)C2)cc1)c1ccccc1. The molecule has 3 aromatic carbocycles. The molecule has 198 valence electrons. The smallest absolute Gasteiger partial charge is 0.263 e. The van der Waals surface area contributed by atoms with Crippen molar-refractivity contribution in [3.05, 3.63) is 82.9 Å². The molecule has 1 fully saturated rings. The highest BCUT2D eigenvalue weighted by Gasteiger charge is 2.32. The van der Waals surface area contributed by atoms with Crippen LogP contribution in [-0.2, 0) is 19.7 Å². The zero-order chi connectivity index (χ0) is 26.9. The van der Waals surface area contributed by atoms with Gasteiger partial charge in [-0.3, -0.25) is 9.63 Å². The van der Waals surface area contributed by atoms with Crippen LogP contribution in [-0.4, -0.2) is 52.5 Å². The van der Waals surface area contributed by atoms with Crippen molar-refractivity contribution in [2.45, 2.75) is 17.4 Å². The van der Waals surface area contributed by atoms with Gasteiger partial charge in [0.25, 0.3) is 15.9 Å². The zero-order valence-electron chi connectivity index (χ0n) is 20.9. The second-order valence-corrected chi connectivity index (χ2v) is 11.3. The van der Waals surface area contributed by atoms with E-state index in [4.69, 9.17) is 11.6 Å². The molecule has 38 heavy (non-hydrogen) atoms. The average Bonchev–Trinajstić information content (AvgIpc) is 3.44. The zero-order valence-corrected chi connectivity index (χ0v) is 22.5. The van der Waals surface area contributed by atoms with Crippen LogP contribution < -0.4 is 20.8 Å². The van der Waals surface area contributed by atoms with Gasteiger partial charge in [-0.25, -0.2) is 8.42 Å². The number of fused-ring (bicyclic) bond motifs is 1. The molecule has 2 aliphatic heterocycles. The van der Waals surface area contributed by atoms with Gasteiger partial charge < -0.3 is 20.9 Å². The Morgan fingerprint density at radius 1 is 1.08 bits per heavy atom. The Hall–Kier alpha value is -3.41. The van der Waals surface area contributed by atoms with E-state index in [9.17, 15) is 13.2 Å². The van der Waals surface area contributed by atoms with Crippen LogP contribution in [0.25, 0.3) is 11.3 Å². The summed E-state index contributed by atoms with van der Waals surface area (Å²) in [5.41, 5.74) is 4.21. The molecule has 0 spiro atoms. The van der Waals surface area contributed by atoms with Crippen molar-refractivity contribution in [1.29, 1.82) is 0 Å². The maximum atomic E-state index is 13.3. The van der Waals surface area contributed by atoms with Crippen molar-refractivity contribution in [1.82, 2.24) is 9.79 Å². The lowest BCUT2D eigenvalue weighted by Crippen LogP contribution is -2.23. The number of sulfonamides is 1. The molecule has 11 heteroatoms. The normalized spacial score (nSPS) is 18.7. The fraction of sp³-hybridized carbons (Fsp3) is 0.222. The summed E-state index contributed by atoms with van der Waals surface area (Å²) in [6, 6.07) is 20.5. The molecule has 2 aliphatic rings. The van der Waals surface area contributed by atoms with Crippen molar-refractivity contribution in [3.8, 4) is 0 Å². The highest BCUT2D eigenvalue weighted by Crippen LogP contribution is 2.41. The van der Waals surface area contributed by atoms with Gasteiger partial charge in [-0.05, 0) is 62.0 Å². The highest BCUT2D eigenvalue weighted by molar-refractivity contribution is 7.89. The first-order chi connectivity index (χ1) is 18.2. The van der Waals surface area contributed by atoms with Crippen molar-refractivity contribution in [2.75, 3.05) is 43.2 Å². The highest BCUT2D eigenvalue weighted by atomic mass is 35.5. The largest absolute Gasteiger partial charge is 0.381 e. The Morgan fingerprint density at radius 2 is 1.79 bits per heavy atom. The van der Waals surface area contributed by atoms with Crippen LogP contribution in [0.4, 0.5) is 17.1 Å². The van der Waals surface area contributed by atoms with E-state index in [0.29, 0.717) is 28.6 Å². The van der Waals surface area contributed by atoms with Gasteiger partial charge in [-0.15, -0.1) is 0 Å². The number of halogens is 1. The number of nitrogens with zero attached hydrogens (tertiary/aromatic N) is 1. The number of carbonyl (C=O) groups excluding carboxylic acids is 1. The molecule has 5 rings (SSSR count). The van der Waals surface area contributed by atoms with E-state index in [1.165, 1.54) is 19.2 Å². The third-order valence-corrected chi connectivity index (χ3v) is 8.26. The second kappa shape index (κ2) is 10.8. The number of likely N-dealkylation sites (tertiary alicyclic amines) is 1. The van der Waals surface area contributed by atoms with E-state index >= 15 is 0 Å². The first-order valence-corrected chi connectivity index (χ1v) is 13.9. The van der Waals surface area contributed by atoms with Gasteiger partial charge in [-0.1, -0.05) is 46.8 Å². The van der Waals surface area contributed by atoms with Crippen molar-refractivity contribution in [3.63, 3.8) is 0 Å². The Bertz CT molecular complexity index is 1490. The third-order valence-electron chi connectivity index (χ3n) is 6.53. The standard InChI is InChI=1S/C27H28ClN5O4S/c1-33-13-12-20(16-33)29-18-8-10-19(11-9-18)30-26(17-6-4-3-5-7-17)25-21-14-24(38(35,36)32-37-2)22(28)15-23(21)31-27(25)34/h3-11,14-15,20,29-30,32H,12-13,16H2,1-2H3,(H,31,34)/b26-25-/t20-/m1/s1. The molecule has 4 N–H and O–H groups in total. The summed E-state index contributed by atoms with van der Waals surface area (Å²) in [5.74, 6) is -0.375. The molecule has 0 radical (unpaired) electrons. The Kier molecular flexibility index (Phi) is 7.42. The van der Waals surface area contributed by atoms with E-state index in [1.807, 2.05) is 59.5 Å². The summed E-state index contributed by atoms with van der Waals surface area (Å²) >= 11 is 6.27. The van der Waals surface area contributed by atoms with E-state index in [0.717, 1.165) is 36.4 Å². The van der Waals surface area contributed by atoms with E-state index in [-0.39, 0.29) is 15.8 Å². The quantitative estimate of drug-likeness (QED) is 0.244. The van der Waals surface area contributed by atoms with Gasteiger partial charge in [0.1, 0.15) is 4.90 Å². The summed E-state index contributed by atoms with van der Waals surface area (Å²) < 4.78 is 25.4. The summed E-state index contributed by atoms with van der Waals surface area (Å²) in [6.07, 6.45) is 1.09. The molecular formula is C27H28ClN5O4S. The molecule has 1 amide bonds. The Balaban J connectivity index is 1.54. The maximum absolute atomic E-state index is 13.3. The van der Waals surface area contributed by atoms with Gasteiger partial charge in [0.15, 0.2) is 0 Å². The summed E-state index contributed by atoms with van der Waals surface area (Å²) in [7, 11) is -0.757. The van der Waals surface area contributed by atoms with E-state index in [1.54, 1.807) is 0 Å². The predicted molar refractivity (Wildman–Crippen MR) is 150 cm³/mol. The molecule has 0 bridgehead atoms. The van der Waals surface area contributed by atoms with Crippen LogP contribution in [0.2, 0.25) is 5.02 Å². The number of benzene rings is 3. The van der Waals surface area contributed by atoms with Crippen molar-refractivity contribution in [2.24, 2.45) is 0 Å². The van der Waals surface area contributed by atoms with E-state index < -0.39 is 10.0 Å². The van der Waals surface area contributed by atoms with Gasteiger partial charge in [-0.2, -0.15) is 0 Å². The molecular weight excluding hydrogens is 526 g/mol. The molecule has 3 aromatic rings. The third kappa shape index (κ3) is 5.40. The lowest BCUT2D eigenvalue weighted by Gasteiger charge is -2.17. The Morgan fingerprint density at radius 3 is 2.45 bits per heavy atom. The van der Waals surface area contributed by atoms with Crippen LogP contribution >= 0.6 is 11.6 Å². The first-order valence-electron chi connectivity index (χ1n) is 12.1. The number of carbonyl (C=O) groups is 1. The maximum Gasteiger partial charge on any atom is 0.263 e. The monoisotopic (exact) mass is 553 g/mol. The fourth-order valence-corrected chi connectivity index (χ4v) is 6.11. The average molecular weight is 554 g/mol. The first kappa shape index (κ1) is 26.2. The molecule has 1 saturated heterocycles. The van der Waals surface area contributed by atoms with Crippen LogP contribution in [0.15, 0.2) is 71.6 Å². The topological polar surface area (TPSA) is 112 Å². The Labute approximate surface area is 226 Å². The molecule has 1 atom stereocenters. The number of likely N-dealkylation sites (N-methyl/N-ethyl adjacent to an activating group) is 1. The van der Waals surface area contributed by atoms with Gasteiger partial charge in [0.2, 0.25) is 0 Å². The minimum atomic E-state index is -4.07. The van der Waals surface area contributed by atoms with Crippen LogP contribution in [0.1, 0.15) is 17.5 Å². The lowest BCUT2D eigenvalue weighted by molar-refractivity contribution is -0.110. The summed E-state index contributed by atoms with van der Waals surface area (Å²) in [6.45, 7) is 2.07. The predicted octanol–water partition coefficient (Wildman–Crippen LogP) is 4.23. The van der Waals surface area contributed by atoms with Crippen molar-refractivity contribution < 1.29 is 18.0 Å². The summed E-state index contributed by atoms with van der Waals surface area (Å²) in [5, 5.41) is 9.72. The molecule has 0 aromatic heterocycles. The number of hydrogen-bond acceptors (Lipinski definition) is 7.